The van der Waals surface area contributed by atoms with E-state index in [2.05, 4.69) is 35.9 Å². The monoisotopic (exact) mass is 384 g/mol. The van der Waals surface area contributed by atoms with E-state index in [1.54, 1.807) is 19.0 Å². The average molecular weight is 385 g/mol. The molecule has 0 aliphatic carbocycles. The van der Waals surface area contributed by atoms with Crippen LogP contribution in [0.1, 0.15) is 49.1 Å². The third kappa shape index (κ3) is 4.91. The number of aryl methyl sites for hydroxylation is 3. The van der Waals surface area contributed by atoms with Gasteiger partial charge in [0.25, 0.3) is 0 Å². The number of likely N-dealkylation sites (tertiary alicyclic amines) is 1. The van der Waals surface area contributed by atoms with Crippen LogP contribution in [0.4, 0.5) is 0 Å². The average Bonchev–Trinajstić information content (AvgIpc) is 3.06. The first kappa shape index (κ1) is 20.4. The van der Waals surface area contributed by atoms with Crippen molar-refractivity contribution in [3.8, 4) is 0 Å². The zero-order valence-corrected chi connectivity index (χ0v) is 17.5. The highest BCUT2D eigenvalue weighted by Gasteiger charge is 2.24. The summed E-state index contributed by atoms with van der Waals surface area (Å²) in [6.45, 7) is 5.79. The fraction of sp³-hybridized carbons (Fsp3) is 0.591. The standard InChI is InChI=1S/C22H32N4O2/c1-15-12-18-19(13-16(15)2)24-20(23-18)8-10-22(28)26-11-5-6-17(14-26)7-9-21(27)25(3)4/h12-13,17H,5-11,14H2,1-4H3,(H,23,24)/t17-/m0/s1. The number of carbonyl (C=O) groups is 2. The van der Waals surface area contributed by atoms with Gasteiger partial charge < -0.3 is 14.8 Å². The Balaban J connectivity index is 1.52. The fourth-order valence-electron chi connectivity index (χ4n) is 3.90. The van der Waals surface area contributed by atoms with Crippen LogP contribution in [0.15, 0.2) is 12.1 Å². The molecule has 152 valence electrons. The highest BCUT2D eigenvalue weighted by molar-refractivity contribution is 5.78. The van der Waals surface area contributed by atoms with E-state index in [0.29, 0.717) is 25.2 Å². The van der Waals surface area contributed by atoms with Crippen LogP contribution in [0.25, 0.3) is 11.0 Å². The summed E-state index contributed by atoms with van der Waals surface area (Å²) in [4.78, 5) is 36.1. The van der Waals surface area contributed by atoms with Crippen LogP contribution in [0.5, 0.6) is 0 Å². The predicted octanol–water partition coefficient (Wildman–Crippen LogP) is 3.22. The van der Waals surface area contributed by atoms with Crippen LogP contribution >= 0.6 is 0 Å². The van der Waals surface area contributed by atoms with Gasteiger partial charge in [-0.2, -0.15) is 0 Å². The predicted molar refractivity (Wildman–Crippen MR) is 111 cm³/mol. The van der Waals surface area contributed by atoms with Crippen LogP contribution in [0, 0.1) is 19.8 Å². The Morgan fingerprint density at radius 2 is 1.96 bits per heavy atom. The number of imidazole rings is 1. The first-order chi connectivity index (χ1) is 13.3. The molecule has 0 radical (unpaired) electrons. The lowest BCUT2D eigenvalue weighted by atomic mass is 9.93. The maximum Gasteiger partial charge on any atom is 0.223 e. The molecule has 2 amide bonds. The van der Waals surface area contributed by atoms with Crippen molar-refractivity contribution in [2.75, 3.05) is 27.2 Å². The van der Waals surface area contributed by atoms with Crippen LogP contribution < -0.4 is 0 Å². The first-order valence-corrected chi connectivity index (χ1v) is 10.3. The summed E-state index contributed by atoms with van der Waals surface area (Å²) < 4.78 is 0. The summed E-state index contributed by atoms with van der Waals surface area (Å²) >= 11 is 0. The SMILES string of the molecule is Cc1cc2nc(CCC(=O)N3CCC[C@@H](CCC(=O)N(C)C)C3)[nH]c2cc1C. The molecule has 28 heavy (non-hydrogen) atoms. The van der Waals surface area contributed by atoms with Crippen molar-refractivity contribution in [3.63, 3.8) is 0 Å². The largest absolute Gasteiger partial charge is 0.349 e. The second-order valence-corrected chi connectivity index (χ2v) is 8.31. The van der Waals surface area contributed by atoms with Crippen LogP contribution in [-0.4, -0.2) is 58.8 Å². The summed E-state index contributed by atoms with van der Waals surface area (Å²) in [7, 11) is 3.58. The first-order valence-electron chi connectivity index (χ1n) is 10.3. The molecule has 1 atom stereocenters. The van der Waals surface area contributed by atoms with Gasteiger partial charge >= 0.3 is 0 Å². The molecule has 3 rings (SSSR count). The van der Waals surface area contributed by atoms with E-state index < -0.39 is 0 Å². The number of nitrogens with one attached hydrogen (secondary N) is 1. The van der Waals surface area contributed by atoms with Gasteiger partial charge in [-0.05, 0) is 62.3 Å². The molecule has 1 aromatic heterocycles. The van der Waals surface area contributed by atoms with E-state index in [-0.39, 0.29) is 11.8 Å². The number of nitrogens with zero attached hydrogens (tertiary/aromatic N) is 3. The Bertz CT molecular complexity index is 817. The quantitative estimate of drug-likeness (QED) is 0.831. The molecular formula is C22H32N4O2. The van der Waals surface area contributed by atoms with Gasteiger partial charge in [-0.25, -0.2) is 4.98 Å². The molecule has 2 aromatic rings. The van der Waals surface area contributed by atoms with E-state index in [4.69, 9.17) is 0 Å². The summed E-state index contributed by atoms with van der Waals surface area (Å²) in [5.41, 5.74) is 4.47. The van der Waals surface area contributed by atoms with Crippen molar-refractivity contribution >= 4 is 22.8 Å². The lowest BCUT2D eigenvalue weighted by Crippen LogP contribution is -2.40. The zero-order valence-electron chi connectivity index (χ0n) is 17.5. The van der Waals surface area contributed by atoms with Crippen molar-refractivity contribution in [2.24, 2.45) is 5.92 Å². The fourth-order valence-corrected chi connectivity index (χ4v) is 3.90. The molecule has 1 aliphatic rings. The van der Waals surface area contributed by atoms with Gasteiger partial charge in [0, 0.05) is 46.4 Å². The molecule has 6 nitrogen and oxygen atoms in total. The number of carbonyl (C=O) groups excluding carboxylic acids is 2. The number of H-pyrrole nitrogens is 1. The number of rotatable bonds is 6. The number of amides is 2. The lowest BCUT2D eigenvalue weighted by molar-refractivity contribution is -0.133. The van der Waals surface area contributed by atoms with Gasteiger partial charge in [0.05, 0.1) is 11.0 Å². The molecule has 1 fully saturated rings. The molecule has 1 aromatic carbocycles. The van der Waals surface area contributed by atoms with Crippen LogP contribution in [-0.2, 0) is 16.0 Å². The third-order valence-electron chi connectivity index (χ3n) is 5.86. The molecule has 0 spiro atoms. The molecule has 0 unspecified atom stereocenters. The van der Waals surface area contributed by atoms with Gasteiger partial charge in [-0.1, -0.05) is 0 Å². The van der Waals surface area contributed by atoms with Gasteiger partial charge in [0.15, 0.2) is 0 Å². The van der Waals surface area contributed by atoms with E-state index >= 15 is 0 Å². The maximum absolute atomic E-state index is 12.7. The number of hydrogen-bond donors (Lipinski definition) is 1. The number of fused-ring (bicyclic) bond motifs is 1. The van der Waals surface area contributed by atoms with Gasteiger partial charge in [-0.15, -0.1) is 0 Å². The molecule has 6 heteroatoms. The van der Waals surface area contributed by atoms with Crippen molar-refractivity contribution in [1.82, 2.24) is 19.8 Å². The normalized spacial score (nSPS) is 17.1. The van der Waals surface area contributed by atoms with E-state index in [1.165, 1.54) is 11.1 Å². The zero-order chi connectivity index (χ0) is 20.3. The van der Waals surface area contributed by atoms with Crippen LogP contribution in [0.3, 0.4) is 0 Å². The minimum Gasteiger partial charge on any atom is -0.349 e. The Hall–Kier alpha value is -2.37. The van der Waals surface area contributed by atoms with Crippen molar-refractivity contribution in [2.45, 2.75) is 52.4 Å². The van der Waals surface area contributed by atoms with Gasteiger partial charge in [0.1, 0.15) is 5.82 Å². The highest BCUT2D eigenvalue weighted by atomic mass is 16.2. The summed E-state index contributed by atoms with van der Waals surface area (Å²) in [5, 5.41) is 0. The van der Waals surface area contributed by atoms with Crippen LogP contribution in [0.2, 0.25) is 0 Å². The second-order valence-electron chi connectivity index (χ2n) is 8.31. The topological polar surface area (TPSA) is 69.3 Å². The molecule has 1 aliphatic heterocycles. The summed E-state index contributed by atoms with van der Waals surface area (Å²) in [5.74, 6) is 1.66. The second kappa shape index (κ2) is 8.76. The highest BCUT2D eigenvalue weighted by Crippen LogP contribution is 2.22. The molecule has 1 saturated heterocycles. The summed E-state index contributed by atoms with van der Waals surface area (Å²) in [6, 6.07) is 4.21. The third-order valence-corrected chi connectivity index (χ3v) is 5.86. The van der Waals surface area contributed by atoms with Crippen molar-refractivity contribution in [1.29, 1.82) is 0 Å². The van der Waals surface area contributed by atoms with E-state index in [9.17, 15) is 9.59 Å². The number of aromatic amines is 1. The number of aromatic nitrogens is 2. The molecular weight excluding hydrogens is 352 g/mol. The molecule has 2 heterocycles. The number of benzene rings is 1. The van der Waals surface area contributed by atoms with E-state index in [1.807, 2.05) is 4.90 Å². The Morgan fingerprint density at radius 1 is 1.21 bits per heavy atom. The Kier molecular flexibility index (Phi) is 6.37. The number of hydrogen-bond acceptors (Lipinski definition) is 3. The van der Waals surface area contributed by atoms with Crippen molar-refractivity contribution < 1.29 is 9.59 Å². The van der Waals surface area contributed by atoms with Gasteiger partial charge in [-0.3, -0.25) is 9.59 Å². The molecule has 0 bridgehead atoms. The Morgan fingerprint density at radius 3 is 2.71 bits per heavy atom. The maximum atomic E-state index is 12.7. The number of piperidine rings is 1. The minimum atomic E-state index is 0.166. The summed E-state index contributed by atoms with van der Waals surface area (Å²) in [6.07, 6.45) is 4.66. The molecule has 1 N–H and O–H groups in total. The molecule has 0 saturated carbocycles. The van der Waals surface area contributed by atoms with Crippen molar-refractivity contribution in [3.05, 3.63) is 29.1 Å². The van der Waals surface area contributed by atoms with E-state index in [0.717, 1.165) is 49.2 Å². The lowest BCUT2D eigenvalue weighted by Gasteiger charge is -2.33. The smallest absolute Gasteiger partial charge is 0.223 e. The van der Waals surface area contributed by atoms with Gasteiger partial charge in [0.2, 0.25) is 11.8 Å². The minimum absolute atomic E-state index is 0.166. The Labute approximate surface area is 167 Å².